The minimum atomic E-state index is -1.53. The van der Waals surface area contributed by atoms with E-state index in [-0.39, 0.29) is 25.3 Å². The van der Waals surface area contributed by atoms with Gasteiger partial charge in [0, 0.05) is 12.5 Å². The van der Waals surface area contributed by atoms with E-state index in [1.54, 1.807) is 30.3 Å². The molecule has 1 aromatic carbocycles. The first-order valence-electron chi connectivity index (χ1n) is 12.8. The van der Waals surface area contributed by atoms with Crippen LogP contribution in [0.4, 0.5) is 0 Å². The van der Waals surface area contributed by atoms with Crippen LogP contribution in [0.5, 0.6) is 0 Å². The summed E-state index contributed by atoms with van der Waals surface area (Å²) in [7, 11) is 0. The fourth-order valence-electron chi connectivity index (χ4n) is 4.48. The quantitative estimate of drug-likeness (QED) is 0.0974. The van der Waals surface area contributed by atoms with E-state index in [2.05, 4.69) is 31.6 Å². The van der Waals surface area contributed by atoms with Crippen molar-refractivity contribution in [1.29, 1.82) is 0 Å². The lowest BCUT2D eigenvalue weighted by Crippen LogP contribution is -2.59. The van der Waals surface area contributed by atoms with Gasteiger partial charge >= 0.3 is 5.97 Å². The number of carboxylic acid groups (broad SMARTS) is 1. The highest BCUT2D eigenvalue weighted by Crippen LogP contribution is 2.51. The average Bonchev–Trinajstić information content (AvgIpc) is 3.63. The Morgan fingerprint density at radius 2 is 1.70 bits per heavy atom. The van der Waals surface area contributed by atoms with Gasteiger partial charge in [-0.1, -0.05) is 30.3 Å². The van der Waals surface area contributed by atoms with E-state index < -0.39 is 78.1 Å². The minimum absolute atomic E-state index is 0.109. The van der Waals surface area contributed by atoms with Gasteiger partial charge in [0.1, 0.15) is 23.7 Å². The number of nitrogens with zero attached hydrogens (tertiary/aromatic N) is 1. The van der Waals surface area contributed by atoms with Crippen LogP contribution >= 0.6 is 0 Å². The second-order valence-electron chi connectivity index (χ2n) is 9.77. The molecule has 5 amide bonds. The van der Waals surface area contributed by atoms with Crippen LogP contribution < -0.4 is 38.1 Å². The predicted octanol–water partition coefficient (Wildman–Crippen LogP) is -2.84. The Morgan fingerprint density at radius 1 is 1.00 bits per heavy atom. The maximum atomic E-state index is 13.5. The molecule has 0 radical (unpaired) electrons. The molecule has 3 rings (SSSR count). The van der Waals surface area contributed by atoms with Crippen molar-refractivity contribution in [2.75, 3.05) is 13.1 Å². The van der Waals surface area contributed by atoms with Gasteiger partial charge in [-0.2, -0.15) is 0 Å². The van der Waals surface area contributed by atoms with Crippen LogP contribution in [0, 0.1) is 0 Å². The summed E-state index contributed by atoms with van der Waals surface area (Å²) >= 11 is 0. The Bertz CT molecular complexity index is 1190. The number of hydrogen-bond acceptors (Lipinski definition) is 7. The summed E-state index contributed by atoms with van der Waals surface area (Å²) in [4.78, 5) is 80.4. The number of aliphatic carboxylic acids is 1. The monoisotopic (exact) mass is 558 g/mol. The fraction of sp³-hybridized carbons (Fsp3) is 0.480. The van der Waals surface area contributed by atoms with E-state index >= 15 is 0 Å². The van der Waals surface area contributed by atoms with Crippen LogP contribution in [-0.2, 0) is 28.8 Å². The Labute approximate surface area is 229 Å². The third kappa shape index (κ3) is 7.68. The lowest BCUT2D eigenvalue weighted by atomic mass is 10.0. The highest BCUT2D eigenvalue weighted by atomic mass is 16.4. The Morgan fingerprint density at radius 3 is 2.35 bits per heavy atom. The lowest BCUT2D eigenvalue weighted by molar-refractivity contribution is -0.141. The molecule has 2 aliphatic rings. The molecular formula is C25H34N8O7. The van der Waals surface area contributed by atoms with Gasteiger partial charge in [-0.15, -0.1) is 0 Å². The van der Waals surface area contributed by atoms with Crippen molar-refractivity contribution >= 4 is 41.5 Å². The van der Waals surface area contributed by atoms with Gasteiger partial charge in [0.15, 0.2) is 5.96 Å². The lowest BCUT2D eigenvalue weighted by Gasteiger charge is -2.25. The van der Waals surface area contributed by atoms with Crippen molar-refractivity contribution in [3.05, 3.63) is 35.9 Å². The molecule has 1 unspecified atom stereocenters. The van der Waals surface area contributed by atoms with Crippen LogP contribution in [0.15, 0.2) is 35.3 Å². The van der Waals surface area contributed by atoms with E-state index in [0.29, 0.717) is 6.42 Å². The van der Waals surface area contributed by atoms with Crippen molar-refractivity contribution in [2.45, 2.75) is 62.2 Å². The molecule has 1 aliphatic heterocycles. The highest BCUT2D eigenvalue weighted by Gasteiger charge is 2.62. The zero-order chi connectivity index (χ0) is 29.4. The molecular weight excluding hydrogens is 524 g/mol. The molecule has 40 heavy (non-hydrogen) atoms. The van der Waals surface area contributed by atoms with E-state index in [9.17, 15) is 33.9 Å². The molecule has 1 heterocycles. The number of aliphatic imine (C=N–C) groups is 1. The summed E-state index contributed by atoms with van der Waals surface area (Å²) < 4.78 is 0. The molecule has 0 aromatic heterocycles. The number of guanidine groups is 1. The Balaban J connectivity index is 1.90. The molecule has 0 bridgehead atoms. The number of carbonyl (C=O) groups excluding carboxylic acids is 5. The molecule has 1 saturated carbocycles. The van der Waals surface area contributed by atoms with E-state index in [1.807, 2.05) is 0 Å². The summed E-state index contributed by atoms with van der Waals surface area (Å²) in [5.74, 6) is -5.72. The van der Waals surface area contributed by atoms with Crippen LogP contribution in [-0.4, -0.2) is 83.3 Å². The van der Waals surface area contributed by atoms with Crippen LogP contribution in [0.1, 0.15) is 44.1 Å². The van der Waals surface area contributed by atoms with Crippen LogP contribution in [0.3, 0.4) is 0 Å². The standard InChI is InChI=1S/C25H34N8O7/c1-13-20(37)32-16(8-5-9-28-24(26)27)21(38)29-12-18(34)31-17(10-19(35)36)22(39)33-25(23(40)30-13)11-15(25)14-6-3-2-4-7-14/h2-4,6-7,13,15-17H,5,8-12H2,1H3,(H,29,38)(H,30,40)(H,31,34)(H,32,37)(H,33,39)(H,35,36)(H4,26,27,28)/t13-,15+,16-,17-,25?/m0/s1. The molecule has 1 aliphatic carbocycles. The zero-order valence-corrected chi connectivity index (χ0v) is 21.9. The van der Waals surface area contributed by atoms with Crippen molar-refractivity contribution in [2.24, 2.45) is 16.5 Å². The second-order valence-corrected chi connectivity index (χ2v) is 9.77. The molecule has 15 nitrogen and oxygen atoms in total. The van der Waals surface area contributed by atoms with Gasteiger partial charge in [0.25, 0.3) is 0 Å². The third-order valence-corrected chi connectivity index (χ3v) is 6.69. The first-order chi connectivity index (χ1) is 18.9. The third-order valence-electron chi connectivity index (χ3n) is 6.69. The summed E-state index contributed by atoms with van der Waals surface area (Å²) in [6.45, 7) is 1.02. The number of amides is 5. The zero-order valence-electron chi connectivity index (χ0n) is 21.9. The summed E-state index contributed by atoms with van der Waals surface area (Å²) in [5, 5.41) is 21.8. The van der Waals surface area contributed by atoms with Crippen LogP contribution in [0.2, 0.25) is 0 Å². The smallest absolute Gasteiger partial charge is 0.305 e. The molecule has 10 N–H and O–H groups in total. The van der Waals surface area contributed by atoms with Gasteiger partial charge in [-0.3, -0.25) is 33.8 Å². The van der Waals surface area contributed by atoms with Gasteiger partial charge in [0.2, 0.25) is 29.5 Å². The molecule has 15 heteroatoms. The molecule has 1 saturated heterocycles. The normalized spacial score (nSPS) is 27.6. The molecule has 5 atom stereocenters. The molecule has 2 fully saturated rings. The maximum absolute atomic E-state index is 13.5. The van der Waals surface area contributed by atoms with E-state index in [4.69, 9.17) is 11.5 Å². The van der Waals surface area contributed by atoms with Crippen LogP contribution in [0.25, 0.3) is 0 Å². The largest absolute Gasteiger partial charge is 0.481 e. The number of rotatable bonds is 7. The fourth-order valence-corrected chi connectivity index (χ4v) is 4.48. The number of carboxylic acids is 1. The first-order valence-corrected chi connectivity index (χ1v) is 12.8. The summed E-state index contributed by atoms with van der Waals surface area (Å²) in [6.07, 6.45) is -0.157. The van der Waals surface area contributed by atoms with Crippen molar-refractivity contribution < 1.29 is 33.9 Å². The number of carbonyl (C=O) groups is 6. The minimum Gasteiger partial charge on any atom is -0.481 e. The highest BCUT2D eigenvalue weighted by molar-refractivity contribution is 6.01. The van der Waals surface area contributed by atoms with Gasteiger partial charge < -0.3 is 43.2 Å². The summed E-state index contributed by atoms with van der Waals surface area (Å²) in [5.41, 5.74) is 9.90. The summed E-state index contributed by atoms with van der Waals surface area (Å²) in [6, 6.07) is 5.17. The number of benzene rings is 1. The maximum Gasteiger partial charge on any atom is 0.305 e. The Hall–Kier alpha value is -4.69. The molecule has 216 valence electrons. The number of hydrogen-bond donors (Lipinski definition) is 8. The first kappa shape index (κ1) is 29.9. The van der Waals surface area contributed by atoms with Crippen molar-refractivity contribution in [1.82, 2.24) is 26.6 Å². The van der Waals surface area contributed by atoms with E-state index in [1.165, 1.54) is 6.92 Å². The topological polar surface area (TPSA) is 247 Å². The SMILES string of the molecule is C[C@@H]1NC(=O)C2(C[C@@H]2c2ccccc2)NC(=O)[C@H](CC(=O)O)NC(=O)CNC(=O)[C@H](CCCN=C(N)N)NC1=O. The van der Waals surface area contributed by atoms with Gasteiger partial charge in [-0.05, 0) is 31.7 Å². The van der Waals surface area contributed by atoms with Gasteiger partial charge in [-0.25, -0.2) is 0 Å². The molecule has 1 aromatic rings. The second kappa shape index (κ2) is 12.9. The predicted molar refractivity (Wildman–Crippen MR) is 141 cm³/mol. The number of nitrogens with one attached hydrogen (secondary N) is 5. The van der Waals surface area contributed by atoms with Crippen molar-refractivity contribution in [3.63, 3.8) is 0 Å². The Kier molecular flexibility index (Phi) is 9.63. The number of nitrogens with two attached hydrogens (primary N) is 2. The average molecular weight is 559 g/mol. The molecule has 1 spiro atoms. The van der Waals surface area contributed by atoms with Crippen molar-refractivity contribution in [3.8, 4) is 0 Å². The van der Waals surface area contributed by atoms with Gasteiger partial charge in [0.05, 0.1) is 13.0 Å². The van der Waals surface area contributed by atoms with E-state index in [0.717, 1.165) is 5.56 Å².